The Labute approximate surface area is 126 Å². The maximum atomic E-state index is 11.8. The van der Waals surface area contributed by atoms with Crippen LogP contribution in [-0.4, -0.2) is 42.9 Å². The standard InChI is InChI=1S/C16H25N3O2/c1-2-15(20)8-10-17-16(21)18-13-9-11-19(12-13)14-6-4-3-5-7-14/h3-7,13,15,20H,2,8-12H2,1H3,(H2,17,18,21). The summed E-state index contributed by atoms with van der Waals surface area (Å²) in [6.07, 6.45) is 1.95. The van der Waals surface area contributed by atoms with Crippen LogP contribution in [0.4, 0.5) is 10.5 Å². The summed E-state index contributed by atoms with van der Waals surface area (Å²) in [6.45, 7) is 4.25. The van der Waals surface area contributed by atoms with Gasteiger partial charge in [0.25, 0.3) is 0 Å². The summed E-state index contributed by atoms with van der Waals surface area (Å²) < 4.78 is 0. The van der Waals surface area contributed by atoms with Crippen LogP contribution in [0.1, 0.15) is 26.2 Å². The molecule has 0 radical (unpaired) electrons. The molecule has 2 amide bonds. The first-order chi connectivity index (χ1) is 10.2. The highest BCUT2D eigenvalue weighted by molar-refractivity contribution is 5.74. The van der Waals surface area contributed by atoms with Crippen LogP contribution in [0.25, 0.3) is 0 Å². The number of benzene rings is 1. The zero-order valence-corrected chi connectivity index (χ0v) is 12.6. The van der Waals surface area contributed by atoms with Gasteiger partial charge in [0.15, 0.2) is 0 Å². The number of carbonyl (C=O) groups is 1. The number of urea groups is 1. The molecule has 0 aliphatic carbocycles. The molecule has 0 spiro atoms. The summed E-state index contributed by atoms with van der Waals surface area (Å²) >= 11 is 0. The average Bonchev–Trinajstić information content (AvgIpc) is 2.96. The Balaban J connectivity index is 1.69. The molecular weight excluding hydrogens is 266 g/mol. The number of hydrogen-bond donors (Lipinski definition) is 3. The number of carbonyl (C=O) groups excluding carboxylic acids is 1. The predicted octanol–water partition coefficient (Wildman–Crippen LogP) is 1.73. The van der Waals surface area contributed by atoms with Crippen LogP contribution in [0, 0.1) is 0 Å². The van der Waals surface area contributed by atoms with E-state index in [1.165, 1.54) is 5.69 Å². The van der Waals surface area contributed by atoms with Crippen molar-refractivity contribution < 1.29 is 9.90 Å². The van der Waals surface area contributed by atoms with E-state index in [0.717, 1.165) is 25.9 Å². The van der Waals surface area contributed by atoms with Gasteiger partial charge in [0, 0.05) is 31.4 Å². The largest absolute Gasteiger partial charge is 0.393 e. The lowest BCUT2D eigenvalue weighted by Crippen LogP contribution is -2.44. The zero-order chi connectivity index (χ0) is 15.1. The number of nitrogens with zero attached hydrogens (tertiary/aromatic N) is 1. The van der Waals surface area contributed by atoms with Gasteiger partial charge in [-0.3, -0.25) is 0 Å². The normalized spacial score (nSPS) is 19.3. The Bertz CT molecular complexity index is 438. The molecule has 2 rings (SSSR count). The van der Waals surface area contributed by atoms with Crippen LogP contribution < -0.4 is 15.5 Å². The number of rotatable bonds is 6. The third kappa shape index (κ3) is 4.93. The van der Waals surface area contributed by atoms with Crippen molar-refractivity contribution in [2.75, 3.05) is 24.5 Å². The molecule has 1 aliphatic heterocycles. The first-order valence-electron chi connectivity index (χ1n) is 7.71. The maximum absolute atomic E-state index is 11.8. The molecule has 5 heteroatoms. The number of anilines is 1. The maximum Gasteiger partial charge on any atom is 0.315 e. The van der Waals surface area contributed by atoms with Crippen LogP contribution in [0.15, 0.2) is 30.3 Å². The molecule has 2 unspecified atom stereocenters. The first-order valence-corrected chi connectivity index (χ1v) is 7.71. The Hall–Kier alpha value is -1.75. The minimum atomic E-state index is -0.328. The van der Waals surface area contributed by atoms with E-state index in [2.05, 4.69) is 27.7 Å². The van der Waals surface area contributed by atoms with Gasteiger partial charge < -0.3 is 20.6 Å². The molecule has 1 fully saturated rings. The molecule has 1 aromatic rings. The number of amides is 2. The van der Waals surface area contributed by atoms with E-state index in [1.807, 2.05) is 25.1 Å². The molecule has 1 saturated heterocycles. The number of para-hydroxylation sites is 1. The molecule has 3 N–H and O–H groups in total. The monoisotopic (exact) mass is 291 g/mol. The molecule has 2 atom stereocenters. The van der Waals surface area contributed by atoms with E-state index in [4.69, 9.17) is 0 Å². The van der Waals surface area contributed by atoms with Gasteiger partial charge >= 0.3 is 6.03 Å². The molecule has 5 nitrogen and oxygen atoms in total. The van der Waals surface area contributed by atoms with Gasteiger partial charge in [-0.2, -0.15) is 0 Å². The van der Waals surface area contributed by atoms with E-state index < -0.39 is 0 Å². The van der Waals surface area contributed by atoms with Crippen molar-refractivity contribution in [1.29, 1.82) is 0 Å². The van der Waals surface area contributed by atoms with Crippen molar-refractivity contribution in [3.63, 3.8) is 0 Å². The van der Waals surface area contributed by atoms with E-state index in [9.17, 15) is 9.90 Å². The molecule has 0 aromatic heterocycles. The fraction of sp³-hybridized carbons (Fsp3) is 0.562. The summed E-state index contributed by atoms with van der Waals surface area (Å²) in [5.41, 5.74) is 1.20. The topological polar surface area (TPSA) is 64.6 Å². The Morgan fingerprint density at radius 3 is 2.90 bits per heavy atom. The molecule has 1 aromatic carbocycles. The molecule has 1 aliphatic rings. The molecule has 21 heavy (non-hydrogen) atoms. The van der Waals surface area contributed by atoms with Crippen molar-refractivity contribution in [1.82, 2.24) is 10.6 Å². The average molecular weight is 291 g/mol. The van der Waals surface area contributed by atoms with Crippen molar-refractivity contribution in [3.05, 3.63) is 30.3 Å². The highest BCUT2D eigenvalue weighted by atomic mass is 16.3. The van der Waals surface area contributed by atoms with E-state index >= 15 is 0 Å². The van der Waals surface area contributed by atoms with Gasteiger partial charge in [-0.05, 0) is 31.4 Å². The third-order valence-electron chi connectivity index (χ3n) is 3.88. The van der Waals surface area contributed by atoms with E-state index in [1.54, 1.807) is 0 Å². The number of nitrogens with one attached hydrogen (secondary N) is 2. The summed E-state index contributed by atoms with van der Waals surface area (Å²) in [5.74, 6) is 0. The Kier molecular flexibility index (Phi) is 5.87. The predicted molar refractivity (Wildman–Crippen MR) is 84.5 cm³/mol. The summed E-state index contributed by atoms with van der Waals surface area (Å²) in [7, 11) is 0. The summed E-state index contributed by atoms with van der Waals surface area (Å²) in [6, 6.07) is 10.3. The molecule has 0 saturated carbocycles. The molecular formula is C16H25N3O2. The van der Waals surface area contributed by atoms with Crippen LogP contribution in [-0.2, 0) is 0 Å². The van der Waals surface area contributed by atoms with Crippen LogP contribution >= 0.6 is 0 Å². The van der Waals surface area contributed by atoms with E-state index in [-0.39, 0.29) is 18.2 Å². The van der Waals surface area contributed by atoms with Gasteiger partial charge in [0.1, 0.15) is 0 Å². The SMILES string of the molecule is CCC(O)CCNC(=O)NC1CCN(c2ccccc2)C1. The summed E-state index contributed by atoms with van der Waals surface area (Å²) in [5, 5.41) is 15.2. The zero-order valence-electron chi connectivity index (χ0n) is 12.6. The second-order valence-electron chi connectivity index (χ2n) is 5.52. The highest BCUT2D eigenvalue weighted by Crippen LogP contribution is 2.19. The van der Waals surface area contributed by atoms with Gasteiger partial charge in [-0.15, -0.1) is 0 Å². The molecule has 116 valence electrons. The lowest BCUT2D eigenvalue weighted by atomic mass is 10.2. The lowest BCUT2D eigenvalue weighted by Gasteiger charge is -2.19. The smallest absolute Gasteiger partial charge is 0.315 e. The highest BCUT2D eigenvalue weighted by Gasteiger charge is 2.23. The third-order valence-corrected chi connectivity index (χ3v) is 3.88. The van der Waals surface area contributed by atoms with Crippen molar-refractivity contribution in [3.8, 4) is 0 Å². The molecule has 1 heterocycles. The number of hydrogen-bond acceptors (Lipinski definition) is 3. The summed E-state index contributed by atoms with van der Waals surface area (Å²) in [4.78, 5) is 14.1. The van der Waals surface area contributed by atoms with E-state index in [0.29, 0.717) is 13.0 Å². The van der Waals surface area contributed by atoms with Gasteiger partial charge in [0.05, 0.1) is 6.10 Å². The Morgan fingerprint density at radius 2 is 2.19 bits per heavy atom. The van der Waals surface area contributed by atoms with Crippen LogP contribution in [0.5, 0.6) is 0 Å². The minimum absolute atomic E-state index is 0.141. The fourth-order valence-electron chi connectivity index (χ4n) is 2.54. The van der Waals surface area contributed by atoms with Gasteiger partial charge in [-0.1, -0.05) is 25.1 Å². The second kappa shape index (κ2) is 7.88. The van der Waals surface area contributed by atoms with Gasteiger partial charge in [-0.25, -0.2) is 4.79 Å². The van der Waals surface area contributed by atoms with Crippen molar-refractivity contribution >= 4 is 11.7 Å². The number of aliphatic hydroxyl groups is 1. The second-order valence-corrected chi connectivity index (χ2v) is 5.52. The quantitative estimate of drug-likeness (QED) is 0.748. The van der Waals surface area contributed by atoms with Gasteiger partial charge in [0.2, 0.25) is 0 Å². The Morgan fingerprint density at radius 1 is 1.43 bits per heavy atom. The van der Waals surface area contributed by atoms with Crippen LogP contribution in [0.2, 0.25) is 0 Å². The lowest BCUT2D eigenvalue weighted by molar-refractivity contribution is 0.160. The number of aliphatic hydroxyl groups excluding tert-OH is 1. The fourth-order valence-corrected chi connectivity index (χ4v) is 2.54. The van der Waals surface area contributed by atoms with Crippen molar-refractivity contribution in [2.24, 2.45) is 0 Å². The first kappa shape index (κ1) is 15.6. The van der Waals surface area contributed by atoms with Crippen molar-refractivity contribution in [2.45, 2.75) is 38.3 Å². The minimum Gasteiger partial charge on any atom is -0.393 e. The van der Waals surface area contributed by atoms with Crippen LogP contribution in [0.3, 0.4) is 0 Å². The molecule has 0 bridgehead atoms.